The fraction of sp³-hybridized carbons (Fsp3) is 0.379. The van der Waals surface area contributed by atoms with Crippen LogP contribution in [0.3, 0.4) is 0 Å². The van der Waals surface area contributed by atoms with Crippen LogP contribution in [-0.4, -0.2) is 37.3 Å². The van der Waals surface area contributed by atoms with Crippen LogP contribution in [0.5, 0.6) is 5.75 Å². The number of aryl methyl sites for hydroxylation is 2. The smallest absolute Gasteiger partial charge is 0.387 e. The van der Waals surface area contributed by atoms with Crippen molar-refractivity contribution in [1.82, 2.24) is 30.1 Å². The molecule has 1 N–H and O–H groups in total. The molecular formula is C29H28F2N6O2. The summed E-state index contributed by atoms with van der Waals surface area (Å²) < 4.78 is 33.8. The van der Waals surface area contributed by atoms with Crippen LogP contribution in [0.15, 0.2) is 54.7 Å². The summed E-state index contributed by atoms with van der Waals surface area (Å²) >= 11 is 0. The second-order valence-corrected chi connectivity index (χ2v) is 10.6. The molecule has 0 radical (unpaired) electrons. The summed E-state index contributed by atoms with van der Waals surface area (Å²) in [6.07, 6.45) is 7.23. The predicted octanol–water partition coefficient (Wildman–Crippen LogP) is 4.57. The minimum atomic E-state index is -2.89. The highest BCUT2D eigenvalue weighted by Crippen LogP contribution is 2.52. The van der Waals surface area contributed by atoms with E-state index in [0.29, 0.717) is 24.2 Å². The molecule has 8 nitrogen and oxygen atoms in total. The molecule has 0 spiro atoms. The Morgan fingerprint density at radius 1 is 1.15 bits per heavy atom. The second-order valence-electron chi connectivity index (χ2n) is 10.6. The number of carbonyl (C=O) groups is 1. The molecule has 1 amide bonds. The fourth-order valence-electron chi connectivity index (χ4n) is 6.22. The van der Waals surface area contributed by atoms with Crippen molar-refractivity contribution in [2.75, 3.05) is 0 Å². The average Bonchev–Trinajstić information content (AvgIpc) is 3.26. The van der Waals surface area contributed by atoms with Crippen molar-refractivity contribution in [3.05, 3.63) is 94.1 Å². The van der Waals surface area contributed by atoms with Gasteiger partial charge in [-0.1, -0.05) is 41.6 Å². The van der Waals surface area contributed by atoms with Crippen LogP contribution in [-0.2, 0) is 31.3 Å². The molecule has 0 saturated heterocycles. The number of hydrogen-bond acceptors (Lipinski definition) is 5. The highest BCUT2D eigenvalue weighted by Gasteiger charge is 2.48. The van der Waals surface area contributed by atoms with Gasteiger partial charge in [-0.3, -0.25) is 9.48 Å². The zero-order chi connectivity index (χ0) is 26.6. The molecule has 2 aliphatic carbocycles. The Kier molecular flexibility index (Phi) is 5.71. The van der Waals surface area contributed by atoms with E-state index < -0.39 is 6.61 Å². The first-order valence-electron chi connectivity index (χ1n) is 13.4. The molecule has 3 heterocycles. The maximum absolute atomic E-state index is 13.7. The van der Waals surface area contributed by atoms with Crippen molar-refractivity contribution in [2.24, 2.45) is 0 Å². The Morgan fingerprint density at radius 2 is 2.00 bits per heavy atom. The molecule has 1 aliphatic heterocycles. The molecule has 10 heteroatoms. The molecule has 200 valence electrons. The molecule has 39 heavy (non-hydrogen) atoms. The van der Waals surface area contributed by atoms with E-state index in [-0.39, 0.29) is 23.1 Å². The van der Waals surface area contributed by atoms with Gasteiger partial charge in [0, 0.05) is 18.2 Å². The highest BCUT2D eigenvalue weighted by atomic mass is 19.3. The van der Waals surface area contributed by atoms with E-state index in [1.54, 1.807) is 22.9 Å². The third kappa shape index (κ3) is 4.27. The number of carbonyl (C=O) groups excluding carboxylic acids is 1. The van der Waals surface area contributed by atoms with Crippen molar-refractivity contribution in [3.8, 4) is 5.75 Å². The standard InChI is InChI=1S/C29H28F2N6O2/c30-28(31)39-20-10-8-18-9-11-22(21(18)15-20)32-27(38)26-23(34-37-14-4-7-24(26)37)16-36-17-25(33-35-36)29(12-13-29)19-5-2-1-3-6-19/h1-3,5-6,8,10,15,17,22,28H,4,7,9,11-14,16H2,(H,32,38)/t22-/m0/s1. The number of hydrogen-bond donors (Lipinski definition) is 1. The normalized spacial score (nSPS) is 18.7. The second kappa shape index (κ2) is 9.29. The van der Waals surface area contributed by atoms with Crippen LogP contribution < -0.4 is 10.1 Å². The number of fused-ring (bicyclic) bond motifs is 2. The minimum Gasteiger partial charge on any atom is -0.435 e. The lowest BCUT2D eigenvalue weighted by molar-refractivity contribution is -0.0499. The molecule has 2 aromatic carbocycles. The number of alkyl halides is 2. The van der Waals surface area contributed by atoms with E-state index in [4.69, 9.17) is 5.10 Å². The zero-order valence-corrected chi connectivity index (χ0v) is 21.3. The van der Waals surface area contributed by atoms with Crippen molar-refractivity contribution in [2.45, 2.75) is 69.7 Å². The summed E-state index contributed by atoms with van der Waals surface area (Å²) in [6.45, 7) is -1.78. The molecular weight excluding hydrogens is 502 g/mol. The molecule has 4 aromatic rings. The Labute approximate surface area is 224 Å². The average molecular weight is 531 g/mol. The largest absolute Gasteiger partial charge is 0.435 e. The lowest BCUT2D eigenvalue weighted by Crippen LogP contribution is -2.28. The molecule has 1 saturated carbocycles. The number of aromatic nitrogens is 5. The topological polar surface area (TPSA) is 86.9 Å². The van der Waals surface area contributed by atoms with Crippen molar-refractivity contribution in [3.63, 3.8) is 0 Å². The molecule has 1 atom stereocenters. The molecule has 0 unspecified atom stereocenters. The number of rotatable bonds is 8. The van der Waals surface area contributed by atoms with E-state index in [1.165, 1.54) is 5.56 Å². The van der Waals surface area contributed by atoms with Crippen molar-refractivity contribution in [1.29, 1.82) is 0 Å². The first kappa shape index (κ1) is 24.0. The summed E-state index contributed by atoms with van der Waals surface area (Å²) in [5.74, 6) is -0.0996. The van der Waals surface area contributed by atoms with Gasteiger partial charge in [-0.2, -0.15) is 13.9 Å². The van der Waals surface area contributed by atoms with Gasteiger partial charge >= 0.3 is 6.61 Å². The Morgan fingerprint density at radius 3 is 2.79 bits per heavy atom. The lowest BCUT2D eigenvalue weighted by atomic mass is 9.93. The van der Waals surface area contributed by atoms with Crippen LogP contribution in [0.2, 0.25) is 0 Å². The van der Waals surface area contributed by atoms with Gasteiger partial charge in [0.2, 0.25) is 0 Å². The van der Waals surface area contributed by atoms with E-state index in [9.17, 15) is 13.6 Å². The lowest BCUT2D eigenvalue weighted by Gasteiger charge is -2.16. The number of benzene rings is 2. The molecule has 0 bridgehead atoms. The van der Waals surface area contributed by atoms with E-state index in [0.717, 1.165) is 61.2 Å². The van der Waals surface area contributed by atoms with Crippen LogP contribution in [0.4, 0.5) is 8.78 Å². The number of amides is 1. The van der Waals surface area contributed by atoms with Gasteiger partial charge in [-0.15, -0.1) is 5.10 Å². The fourth-order valence-corrected chi connectivity index (χ4v) is 6.22. The van der Waals surface area contributed by atoms with E-state index in [1.807, 2.05) is 29.1 Å². The van der Waals surface area contributed by atoms with Gasteiger partial charge in [-0.05, 0) is 67.3 Å². The minimum absolute atomic E-state index is 0.0849. The monoisotopic (exact) mass is 530 g/mol. The van der Waals surface area contributed by atoms with Gasteiger partial charge in [-0.25, -0.2) is 4.68 Å². The number of ether oxygens (including phenoxy) is 1. The highest BCUT2D eigenvalue weighted by molar-refractivity contribution is 5.97. The number of halogens is 2. The Bertz CT molecular complexity index is 1540. The van der Waals surface area contributed by atoms with Crippen LogP contribution in [0.25, 0.3) is 0 Å². The SMILES string of the molecule is O=C(N[C@H]1CCc2ccc(OC(F)F)cc21)c1c(Cn2cc(C3(c4ccccc4)CC3)nn2)nn2c1CCC2. The maximum atomic E-state index is 13.7. The van der Waals surface area contributed by atoms with Gasteiger partial charge in [0.1, 0.15) is 5.75 Å². The predicted molar refractivity (Wildman–Crippen MR) is 138 cm³/mol. The number of nitrogens with one attached hydrogen (secondary N) is 1. The summed E-state index contributed by atoms with van der Waals surface area (Å²) in [6, 6.07) is 15.1. The Balaban J connectivity index is 1.14. The quantitative estimate of drug-likeness (QED) is 0.361. The van der Waals surface area contributed by atoms with E-state index >= 15 is 0 Å². The van der Waals surface area contributed by atoms with Crippen molar-refractivity contribution >= 4 is 5.91 Å². The molecule has 2 aromatic heterocycles. The summed E-state index contributed by atoms with van der Waals surface area (Å²) in [5, 5.41) is 16.8. The third-order valence-corrected chi connectivity index (χ3v) is 8.28. The van der Waals surface area contributed by atoms with E-state index in [2.05, 4.69) is 32.5 Å². The van der Waals surface area contributed by atoms with Crippen LogP contribution in [0.1, 0.15) is 75.9 Å². The molecule has 3 aliphatic rings. The van der Waals surface area contributed by atoms with Gasteiger partial charge in [0.15, 0.2) is 0 Å². The zero-order valence-electron chi connectivity index (χ0n) is 21.3. The van der Waals surface area contributed by atoms with Gasteiger partial charge < -0.3 is 10.1 Å². The van der Waals surface area contributed by atoms with Crippen LogP contribution >= 0.6 is 0 Å². The third-order valence-electron chi connectivity index (χ3n) is 8.28. The van der Waals surface area contributed by atoms with Crippen LogP contribution in [0, 0.1) is 0 Å². The molecule has 1 fully saturated rings. The summed E-state index contributed by atoms with van der Waals surface area (Å²) in [5.41, 5.74) is 6.14. The summed E-state index contributed by atoms with van der Waals surface area (Å²) in [7, 11) is 0. The van der Waals surface area contributed by atoms with Gasteiger partial charge in [0.25, 0.3) is 5.91 Å². The first-order chi connectivity index (χ1) is 19.0. The van der Waals surface area contributed by atoms with Gasteiger partial charge in [0.05, 0.1) is 35.2 Å². The summed E-state index contributed by atoms with van der Waals surface area (Å²) in [4.78, 5) is 13.7. The first-order valence-corrected chi connectivity index (χ1v) is 13.4. The molecule has 7 rings (SSSR count). The maximum Gasteiger partial charge on any atom is 0.387 e. The Hall–Kier alpha value is -4.08. The van der Waals surface area contributed by atoms with Crippen molar-refractivity contribution < 1.29 is 18.3 Å². The number of nitrogens with zero attached hydrogens (tertiary/aromatic N) is 5.